The van der Waals surface area contributed by atoms with Crippen molar-refractivity contribution in [1.29, 1.82) is 0 Å². The van der Waals surface area contributed by atoms with Gasteiger partial charge in [0.25, 0.3) is 5.91 Å². The molecule has 0 spiro atoms. The number of pyridine rings is 1. The lowest BCUT2D eigenvalue weighted by molar-refractivity contribution is 0.0962. The van der Waals surface area contributed by atoms with Gasteiger partial charge in [0.2, 0.25) is 5.88 Å². The maximum absolute atomic E-state index is 13.1. The first-order valence-electron chi connectivity index (χ1n) is 8.31. The van der Waals surface area contributed by atoms with Crippen molar-refractivity contribution in [3.8, 4) is 5.88 Å². The van der Waals surface area contributed by atoms with E-state index in [4.69, 9.17) is 4.74 Å². The number of hydrogen-bond donors (Lipinski definition) is 0. The van der Waals surface area contributed by atoms with Crippen LogP contribution >= 0.6 is 0 Å². The fraction of sp³-hybridized carbons (Fsp3) is 0.211. The Bertz CT molecular complexity index is 952. The molecule has 0 aliphatic carbocycles. The van der Waals surface area contributed by atoms with Crippen LogP contribution in [-0.2, 0) is 13.2 Å². The first kappa shape index (κ1) is 16.3. The Balaban J connectivity index is 1.51. The van der Waals surface area contributed by atoms with Gasteiger partial charge in [-0.25, -0.2) is 4.39 Å². The van der Waals surface area contributed by atoms with E-state index < -0.39 is 0 Å². The van der Waals surface area contributed by atoms with E-state index in [0.29, 0.717) is 30.4 Å². The van der Waals surface area contributed by atoms with Crippen molar-refractivity contribution in [2.24, 2.45) is 0 Å². The van der Waals surface area contributed by atoms with Crippen LogP contribution in [0.2, 0.25) is 0 Å². The molecule has 0 radical (unpaired) electrons. The number of aromatic nitrogens is 3. The summed E-state index contributed by atoms with van der Waals surface area (Å²) in [6, 6.07) is 13.2. The van der Waals surface area contributed by atoms with Gasteiger partial charge in [-0.05, 0) is 43.3 Å². The molecule has 0 bridgehead atoms. The molecule has 0 atom stereocenters. The Morgan fingerprint density at radius 2 is 1.96 bits per heavy atom. The highest BCUT2D eigenvalue weighted by Gasteiger charge is 2.28. The van der Waals surface area contributed by atoms with Crippen molar-refractivity contribution in [1.82, 2.24) is 14.8 Å². The van der Waals surface area contributed by atoms with Crippen LogP contribution in [0.25, 0.3) is 0 Å². The number of hydrogen-bond acceptors (Lipinski definition) is 4. The molecule has 7 heteroatoms. The normalized spacial score (nSPS) is 13.6. The monoisotopic (exact) mass is 352 g/mol. The predicted molar refractivity (Wildman–Crippen MR) is 93.6 cm³/mol. The summed E-state index contributed by atoms with van der Waals surface area (Å²) in [5, 5.41) is 4.34. The molecule has 0 saturated carbocycles. The second-order valence-corrected chi connectivity index (χ2v) is 6.08. The Morgan fingerprint density at radius 1 is 1.15 bits per heavy atom. The molecule has 1 aliphatic heterocycles. The molecular formula is C19H17FN4O2. The third-order valence-electron chi connectivity index (χ3n) is 4.21. The van der Waals surface area contributed by atoms with Gasteiger partial charge in [0.05, 0.1) is 12.2 Å². The number of anilines is 1. The molecule has 1 aromatic carbocycles. The average molecular weight is 352 g/mol. The second kappa shape index (κ2) is 6.59. The van der Waals surface area contributed by atoms with Gasteiger partial charge in [-0.3, -0.25) is 14.5 Å². The van der Waals surface area contributed by atoms with Gasteiger partial charge >= 0.3 is 0 Å². The van der Waals surface area contributed by atoms with Crippen molar-refractivity contribution >= 4 is 11.6 Å². The molecule has 0 fully saturated rings. The van der Waals surface area contributed by atoms with Crippen molar-refractivity contribution in [3.63, 3.8) is 0 Å². The van der Waals surface area contributed by atoms with E-state index in [2.05, 4.69) is 10.1 Å². The molecule has 4 rings (SSSR count). The highest BCUT2D eigenvalue weighted by atomic mass is 19.1. The number of benzene rings is 1. The molecule has 0 saturated heterocycles. The zero-order valence-corrected chi connectivity index (χ0v) is 14.2. The largest absolute Gasteiger partial charge is 0.470 e. The maximum atomic E-state index is 13.1. The van der Waals surface area contributed by atoms with E-state index in [9.17, 15) is 9.18 Å². The van der Waals surface area contributed by atoms with Gasteiger partial charge in [0, 0.05) is 24.0 Å². The second-order valence-electron chi connectivity index (χ2n) is 6.08. The number of carbonyl (C=O) groups excluding carboxylic acids is 1. The molecule has 6 nitrogen and oxygen atoms in total. The summed E-state index contributed by atoms with van der Waals surface area (Å²) < 4.78 is 20.4. The zero-order valence-electron chi connectivity index (χ0n) is 14.2. The Labute approximate surface area is 149 Å². The highest BCUT2D eigenvalue weighted by Crippen LogP contribution is 2.24. The Kier molecular flexibility index (Phi) is 4.12. The zero-order chi connectivity index (χ0) is 18.1. The van der Waals surface area contributed by atoms with Crippen LogP contribution in [0, 0.1) is 12.7 Å². The smallest absolute Gasteiger partial charge is 0.276 e. The van der Waals surface area contributed by atoms with Gasteiger partial charge < -0.3 is 9.64 Å². The van der Waals surface area contributed by atoms with Crippen LogP contribution in [0.5, 0.6) is 5.88 Å². The number of rotatable bonds is 4. The van der Waals surface area contributed by atoms with Crippen molar-refractivity contribution in [2.45, 2.75) is 20.1 Å². The summed E-state index contributed by atoms with van der Waals surface area (Å²) in [4.78, 5) is 18.7. The molecule has 1 aliphatic rings. The first-order chi connectivity index (χ1) is 12.6. The van der Waals surface area contributed by atoms with Crippen LogP contribution in [0.1, 0.15) is 21.9 Å². The molecular weight excluding hydrogens is 335 g/mol. The topological polar surface area (TPSA) is 60.2 Å². The van der Waals surface area contributed by atoms with Gasteiger partial charge in [0.1, 0.15) is 18.1 Å². The number of ether oxygens (including phenoxy) is 1. The lowest BCUT2D eigenvalue weighted by atomic mass is 10.2. The fourth-order valence-corrected chi connectivity index (χ4v) is 2.94. The van der Waals surface area contributed by atoms with Crippen LogP contribution in [0.4, 0.5) is 10.1 Å². The predicted octanol–water partition coefficient (Wildman–Crippen LogP) is 2.97. The van der Waals surface area contributed by atoms with Crippen LogP contribution in [-0.4, -0.2) is 27.2 Å². The summed E-state index contributed by atoms with van der Waals surface area (Å²) in [5.74, 6) is -0.125. The third kappa shape index (κ3) is 3.15. The Hall–Kier alpha value is -3.22. The van der Waals surface area contributed by atoms with Crippen LogP contribution in [0.15, 0.2) is 48.5 Å². The average Bonchev–Trinajstić information content (AvgIpc) is 3.06. The minimum atomic E-state index is -0.330. The standard InChI is InChI=1S/C19H17FN4O2/c1-13-3-2-4-15(21-13)12-26-18-11-17-19(25)23(9-10-24(17)22-18)16-7-5-14(20)6-8-16/h2-8,11H,9-10,12H2,1H3. The molecule has 26 heavy (non-hydrogen) atoms. The van der Waals surface area contributed by atoms with Gasteiger partial charge in [0.15, 0.2) is 0 Å². The van der Waals surface area contributed by atoms with E-state index in [-0.39, 0.29) is 18.3 Å². The van der Waals surface area contributed by atoms with Crippen LogP contribution < -0.4 is 9.64 Å². The van der Waals surface area contributed by atoms with Crippen molar-refractivity contribution < 1.29 is 13.9 Å². The number of halogens is 1. The van der Waals surface area contributed by atoms with Crippen molar-refractivity contribution in [2.75, 3.05) is 11.4 Å². The number of carbonyl (C=O) groups is 1. The molecule has 132 valence electrons. The lowest BCUT2D eigenvalue weighted by Crippen LogP contribution is -2.40. The van der Waals surface area contributed by atoms with Crippen molar-refractivity contribution in [3.05, 3.63) is 71.4 Å². The minimum Gasteiger partial charge on any atom is -0.470 e. The quantitative estimate of drug-likeness (QED) is 0.724. The van der Waals surface area contributed by atoms with E-state index in [1.54, 1.807) is 27.8 Å². The maximum Gasteiger partial charge on any atom is 0.276 e. The number of amides is 1. The highest BCUT2D eigenvalue weighted by molar-refractivity contribution is 6.05. The molecule has 3 aromatic rings. The molecule has 1 amide bonds. The fourth-order valence-electron chi connectivity index (χ4n) is 2.94. The Morgan fingerprint density at radius 3 is 2.73 bits per heavy atom. The lowest BCUT2D eigenvalue weighted by Gasteiger charge is -2.27. The van der Waals surface area contributed by atoms with E-state index in [1.165, 1.54) is 12.1 Å². The number of aryl methyl sites for hydroxylation is 1. The molecule has 3 heterocycles. The van der Waals surface area contributed by atoms with Crippen LogP contribution in [0.3, 0.4) is 0 Å². The van der Waals surface area contributed by atoms with E-state index in [1.807, 2.05) is 25.1 Å². The summed E-state index contributed by atoms with van der Waals surface area (Å²) >= 11 is 0. The molecule has 0 unspecified atom stereocenters. The third-order valence-corrected chi connectivity index (χ3v) is 4.21. The van der Waals surface area contributed by atoms with Gasteiger partial charge in [-0.1, -0.05) is 6.07 Å². The van der Waals surface area contributed by atoms with E-state index >= 15 is 0 Å². The number of fused-ring (bicyclic) bond motifs is 1. The molecule has 0 N–H and O–H groups in total. The number of nitrogens with zero attached hydrogens (tertiary/aromatic N) is 4. The van der Waals surface area contributed by atoms with Gasteiger partial charge in [-0.15, -0.1) is 5.10 Å². The van der Waals surface area contributed by atoms with E-state index in [0.717, 1.165) is 11.4 Å². The summed E-state index contributed by atoms with van der Waals surface area (Å²) in [5.41, 5.74) is 2.83. The molecule has 2 aromatic heterocycles. The van der Waals surface area contributed by atoms with Gasteiger partial charge in [-0.2, -0.15) is 0 Å². The summed E-state index contributed by atoms with van der Waals surface area (Å²) in [6.07, 6.45) is 0. The minimum absolute atomic E-state index is 0.182. The summed E-state index contributed by atoms with van der Waals surface area (Å²) in [6.45, 7) is 3.22. The first-order valence-corrected chi connectivity index (χ1v) is 8.31. The summed E-state index contributed by atoms with van der Waals surface area (Å²) in [7, 11) is 0. The SMILES string of the molecule is Cc1cccc(COc2cc3n(n2)CCN(c2ccc(F)cc2)C3=O)n1.